The summed E-state index contributed by atoms with van der Waals surface area (Å²) in [6.07, 6.45) is 5.25. The van der Waals surface area contributed by atoms with Crippen molar-refractivity contribution in [2.45, 2.75) is 38.3 Å². The first-order valence-electron chi connectivity index (χ1n) is 4.57. The molecule has 0 aromatic carbocycles. The van der Waals surface area contributed by atoms with Gasteiger partial charge in [-0.15, -0.1) is 6.58 Å². The van der Waals surface area contributed by atoms with Crippen LogP contribution < -0.4 is 0 Å². The molecule has 0 saturated heterocycles. The third-order valence-corrected chi connectivity index (χ3v) is 7.12. The molecule has 0 amide bonds. The van der Waals surface area contributed by atoms with E-state index in [9.17, 15) is 4.80 Å². The van der Waals surface area contributed by atoms with Gasteiger partial charge in [0.25, 0.3) is 0 Å². The highest BCUT2D eigenvalue weighted by atomic mass is 28.4. The lowest BCUT2D eigenvalue weighted by molar-refractivity contribution is 0.388. The Labute approximate surface area is 79.4 Å². The van der Waals surface area contributed by atoms with Crippen LogP contribution in [-0.4, -0.2) is 23.8 Å². The van der Waals surface area contributed by atoms with E-state index in [0.717, 1.165) is 12.5 Å². The third-order valence-electron chi connectivity index (χ3n) is 2.01. The van der Waals surface area contributed by atoms with Crippen LogP contribution in [0.5, 0.6) is 0 Å². The van der Waals surface area contributed by atoms with E-state index in [4.69, 9.17) is 4.12 Å². The Morgan fingerprint density at radius 2 is 2.25 bits per heavy atom. The summed E-state index contributed by atoms with van der Waals surface area (Å²) in [5, 5.41) is 0. The zero-order valence-electron chi connectivity index (χ0n) is 8.18. The monoisotopic (exact) mass is 204 g/mol. The van der Waals surface area contributed by atoms with Gasteiger partial charge in [0, 0.05) is 6.04 Å². The van der Waals surface area contributed by atoms with Crippen molar-refractivity contribution >= 4 is 19.0 Å². The molecule has 0 radical (unpaired) electrons. The molecule has 2 nitrogen and oxygen atoms in total. The third kappa shape index (κ3) is 4.87. The Morgan fingerprint density at radius 3 is 2.67 bits per heavy atom. The molecule has 12 heavy (non-hydrogen) atoms. The highest BCUT2D eigenvalue weighted by Crippen LogP contribution is 2.17. The number of hydrogen-bond acceptors (Lipinski definition) is 2. The maximum Gasteiger partial charge on any atom is 0.328 e. The van der Waals surface area contributed by atoms with Crippen molar-refractivity contribution in [2.75, 3.05) is 0 Å². The molecule has 0 bridgehead atoms. The van der Waals surface area contributed by atoms with E-state index in [2.05, 4.69) is 13.5 Å². The van der Waals surface area contributed by atoms with Crippen LogP contribution >= 0.6 is 0 Å². The minimum Gasteiger partial charge on any atom is -0.444 e. The predicted octanol–water partition coefficient (Wildman–Crippen LogP) is 1.09. The zero-order valence-corrected chi connectivity index (χ0v) is 11.2. The van der Waals surface area contributed by atoms with Crippen molar-refractivity contribution in [3.05, 3.63) is 12.7 Å². The van der Waals surface area contributed by atoms with Gasteiger partial charge in [-0.2, -0.15) is 0 Å². The first-order valence-corrected chi connectivity index (χ1v) is 7.65. The Balaban J connectivity index is 3.70. The lowest BCUT2D eigenvalue weighted by Gasteiger charge is -2.21. The number of unbranched alkanes of at least 4 members (excludes halogenated alkanes) is 2. The van der Waals surface area contributed by atoms with Gasteiger partial charge in [-0.3, -0.25) is 0 Å². The first-order chi connectivity index (χ1) is 5.68. The molecule has 0 aliphatic rings. The molecule has 0 spiro atoms. The fourth-order valence-electron chi connectivity index (χ4n) is 1.16. The fourth-order valence-corrected chi connectivity index (χ4v) is 4.11. The SMILES string of the molecule is C=CC[Si](O)(CCCCC)O[SiH3]. The van der Waals surface area contributed by atoms with Gasteiger partial charge in [-0.25, -0.2) is 0 Å². The second-order valence-corrected chi connectivity index (χ2v) is 7.53. The van der Waals surface area contributed by atoms with Crippen molar-refractivity contribution in [3.63, 3.8) is 0 Å². The lowest BCUT2D eigenvalue weighted by Crippen LogP contribution is -2.36. The Morgan fingerprint density at radius 1 is 1.58 bits per heavy atom. The fraction of sp³-hybridized carbons (Fsp3) is 0.750. The van der Waals surface area contributed by atoms with Gasteiger partial charge in [-0.1, -0.05) is 32.3 Å². The van der Waals surface area contributed by atoms with Gasteiger partial charge >= 0.3 is 8.56 Å². The normalized spacial score (nSPS) is 15.8. The van der Waals surface area contributed by atoms with Crippen LogP contribution in [0.1, 0.15) is 26.2 Å². The highest BCUT2D eigenvalue weighted by Gasteiger charge is 2.28. The van der Waals surface area contributed by atoms with E-state index in [0.29, 0.717) is 16.5 Å². The largest absolute Gasteiger partial charge is 0.444 e. The van der Waals surface area contributed by atoms with Gasteiger partial charge in [0.05, 0.1) is 0 Å². The maximum atomic E-state index is 9.93. The molecule has 72 valence electrons. The molecule has 1 unspecified atom stereocenters. The van der Waals surface area contributed by atoms with Crippen LogP contribution in [0.3, 0.4) is 0 Å². The molecular formula is C8H20O2Si2. The van der Waals surface area contributed by atoms with Gasteiger partial charge in [0.1, 0.15) is 10.5 Å². The number of rotatable bonds is 7. The van der Waals surface area contributed by atoms with Crippen molar-refractivity contribution < 1.29 is 8.91 Å². The average molecular weight is 204 g/mol. The molecule has 1 atom stereocenters. The topological polar surface area (TPSA) is 29.5 Å². The van der Waals surface area contributed by atoms with Crippen LogP contribution in [0.2, 0.25) is 12.1 Å². The van der Waals surface area contributed by atoms with Crippen molar-refractivity contribution in [1.82, 2.24) is 0 Å². The molecule has 0 saturated carbocycles. The predicted molar refractivity (Wildman–Crippen MR) is 58.3 cm³/mol. The molecule has 0 aliphatic carbocycles. The summed E-state index contributed by atoms with van der Waals surface area (Å²) in [7, 11) is -1.67. The van der Waals surface area contributed by atoms with E-state index < -0.39 is 8.56 Å². The molecule has 0 aromatic heterocycles. The van der Waals surface area contributed by atoms with E-state index >= 15 is 0 Å². The molecular weight excluding hydrogens is 184 g/mol. The molecule has 0 rings (SSSR count). The second-order valence-electron chi connectivity index (χ2n) is 3.10. The smallest absolute Gasteiger partial charge is 0.328 e. The average Bonchev–Trinajstić information content (AvgIpc) is 2.06. The minimum absolute atomic E-state index is 0.643. The quantitative estimate of drug-likeness (QED) is 0.382. The zero-order chi connectivity index (χ0) is 9.45. The van der Waals surface area contributed by atoms with Crippen molar-refractivity contribution in [1.29, 1.82) is 0 Å². The van der Waals surface area contributed by atoms with E-state index in [1.54, 1.807) is 6.08 Å². The van der Waals surface area contributed by atoms with Crippen LogP contribution in [0.4, 0.5) is 0 Å². The molecule has 0 aromatic rings. The molecule has 0 heterocycles. The maximum absolute atomic E-state index is 9.93. The number of hydrogen-bond donors (Lipinski definition) is 1. The van der Waals surface area contributed by atoms with Gasteiger partial charge < -0.3 is 8.91 Å². The van der Waals surface area contributed by atoms with Crippen LogP contribution in [0.25, 0.3) is 0 Å². The summed E-state index contributed by atoms with van der Waals surface area (Å²) in [5.41, 5.74) is 0. The summed E-state index contributed by atoms with van der Waals surface area (Å²) in [5.74, 6) is 0. The van der Waals surface area contributed by atoms with Gasteiger partial charge in [0.15, 0.2) is 0 Å². The van der Waals surface area contributed by atoms with Crippen LogP contribution in [0, 0.1) is 0 Å². The summed E-state index contributed by atoms with van der Waals surface area (Å²) < 4.78 is 5.29. The molecule has 1 N–H and O–H groups in total. The van der Waals surface area contributed by atoms with E-state index in [1.807, 2.05) is 0 Å². The van der Waals surface area contributed by atoms with Crippen LogP contribution in [0.15, 0.2) is 12.7 Å². The summed E-state index contributed by atoms with van der Waals surface area (Å²) >= 11 is 0. The van der Waals surface area contributed by atoms with Gasteiger partial charge in [0.2, 0.25) is 0 Å². The summed E-state index contributed by atoms with van der Waals surface area (Å²) in [4.78, 5) is 9.93. The van der Waals surface area contributed by atoms with Crippen molar-refractivity contribution in [2.24, 2.45) is 0 Å². The van der Waals surface area contributed by atoms with Crippen LogP contribution in [-0.2, 0) is 4.12 Å². The first kappa shape index (κ1) is 12.1. The molecule has 4 heteroatoms. The Hall–Kier alpha value is 0.0938. The standard InChI is InChI=1S/C8H20O2Si2/c1-3-5-6-8-12(9,10-11)7-4-2/h4,9H,2-3,5-8H2,1,11H3. The lowest BCUT2D eigenvalue weighted by atomic mass is 10.3. The van der Waals surface area contributed by atoms with E-state index in [-0.39, 0.29) is 0 Å². The minimum atomic E-state index is -2.32. The summed E-state index contributed by atoms with van der Waals surface area (Å²) in [6.45, 7) is 5.79. The number of allylic oxidation sites excluding steroid dienone is 1. The Bertz CT molecular complexity index is 130. The highest BCUT2D eigenvalue weighted by molar-refractivity contribution is 6.69. The Kier molecular flexibility index (Phi) is 6.64. The molecule has 0 fully saturated rings. The summed E-state index contributed by atoms with van der Waals surface area (Å²) in [6, 6.07) is 1.55. The van der Waals surface area contributed by atoms with Gasteiger partial charge in [-0.05, 0) is 6.04 Å². The molecule has 0 aliphatic heterocycles. The van der Waals surface area contributed by atoms with E-state index in [1.165, 1.54) is 12.8 Å². The van der Waals surface area contributed by atoms with Crippen molar-refractivity contribution in [3.8, 4) is 0 Å². The second kappa shape index (κ2) is 6.59.